The minimum absolute atomic E-state index is 0.0150. The smallest absolute Gasteiger partial charge is 0.493 e. The normalized spacial score (nSPS) is 11.3. The first-order chi connectivity index (χ1) is 22.1. The van der Waals surface area contributed by atoms with Crippen molar-refractivity contribution in [3.05, 3.63) is 71.8 Å². The molecule has 0 aliphatic rings. The van der Waals surface area contributed by atoms with Gasteiger partial charge in [-0.2, -0.15) is 0 Å². The minimum atomic E-state index is -0.967. The largest absolute Gasteiger partial charge is 0.519 e. The summed E-state index contributed by atoms with van der Waals surface area (Å²) in [4.78, 5) is 37.1. The lowest BCUT2D eigenvalue weighted by Gasteiger charge is -2.13. The molecule has 0 spiro atoms. The van der Waals surface area contributed by atoms with Crippen LogP contribution in [0.5, 0.6) is 23.0 Å². The first-order valence-electron chi connectivity index (χ1n) is 16.2. The summed E-state index contributed by atoms with van der Waals surface area (Å²) in [5.41, 5.74) is 1.60. The van der Waals surface area contributed by atoms with Crippen LogP contribution in [-0.4, -0.2) is 32.2 Å². The molecule has 0 unspecified atom stereocenters. The quantitative estimate of drug-likeness (QED) is 0.0654. The number of allylic oxidation sites excluding steroid dienone is 4. The van der Waals surface area contributed by atoms with Crippen LogP contribution in [-0.2, 0) is 22.7 Å². The van der Waals surface area contributed by atoms with Crippen LogP contribution in [0.4, 0.5) is 4.79 Å². The number of ether oxygens (including phenoxy) is 4. The Kier molecular flexibility index (Phi) is 17.7. The summed E-state index contributed by atoms with van der Waals surface area (Å²) in [6.07, 6.45) is 14.2. The molecule has 9 nitrogen and oxygen atoms in total. The first kappa shape index (κ1) is 37.9. The average Bonchev–Trinajstić information content (AvgIpc) is 3.02. The number of carbonyl (C=O) groups is 3. The second-order valence-electron chi connectivity index (χ2n) is 11.8. The molecule has 252 valence electrons. The molecule has 0 aliphatic heterocycles. The van der Waals surface area contributed by atoms with Crippen molar-refractivity contribution in [2.24, 2.45) is 11.8 Å². The Morgan fingerprint density at radius 1 is 0.630 bits per heavy atom. The molecule has 0 aliphatic carbocycles. The Bertz CT molecular complexity index is 1200. The van der Waals surface area contributed by atoms with Gasteiger partial charge in [-0.15, -0.1) is 0 Å². The van der Waals surface area contributed by atoms with Crippen LogP contribution in [0, 0.1) is 11.8 Å². The maximum Gasteiger partial charge on any atom is 0.519 e. The van der Waals surface area contributed by atoms with Crippen molar-refractivity contribution >= 4 is 18.0 Å². The summed E-state index contributed by atoms with van der Waals surface area (Å²) >= 11 is 0. The van der Waals surface area contributed by atoms with Gasteiger partial charge >= 0.3 is 6.16 Å². The number of hydrogen-bond donors (Lipinski definition) is 2. The monoisotopic (exact) mass is 636 g/mol. The van der Waals surface area contributed by atoms with Gasteiger partial charge in [-0.25, -0.2) is 4.79 Å². The number of amides is 2. The molecule has 9 heteroatoms. The van der Waals surface area contributed by atoms with Crippen molar-refractivity contribution in [2.75, 3.05) is 14.2 Å². The molecule has 0 bridgehead atoms. The highest BCUT2D eigenvalue weighted by molar-refractivity contribution is 5.76. The average molecular weight is 637 g/mol. The highest BCUT2D eigenvalue weighted by Gasteiger charge is 2.16. The summed E-state index contributed by atoms with van der Waals surface area (Å²) in [7, 11) is 2.94. The molecule has 2 aromatic rings. The molecule has 0 heterocycles. The fraction of sp³-hybridized carbons (Fsp3) is 0.486. The van der Waals surface area contributed by atoms with Crippen molar-refractivity contribution in [1.29, 1.82) is 0 Å². The first-order valence-corrected chi connectivity index (χ1v) is 16.2. The SMILES string of the molecule is COc1cc(CNC(=O)CCCCC=CC(C)C)ccc1OC(=O)Oc1ccc(CNC(=O)CCCCC=CC(C)C)cc1OC. The Morgan fingerprint density at radius 3 is 1.41 bits per heavy atom. The van der Waals surface area contributed by atoms with Crippen LogP contribution in [0.3, 0.4) is 0 Å². The third kappa shape index (κ3) is 15.6. The summed E-state index contributed by atoms with van der Waals surface area (Å²) in [5, 5.41) is 5.84. The van der Waals surface area contributed by atoms with E-state index in [0.717, 1.165) is 49.7 Å². The second kappa shape index (κ2) is 21.5. The van der Waals surface area contributed by atoms with Gasteiger partial charge in [0.25, 0.3) is 0 Å². The van der Waals surface area contributed by atoms with E-state index in [1.807, 2.05) is 0 Å². The molecule has 2 N–H and O–H groups in total. The molecular formula is C37H52N2O7. The topological polar surface area (TPSA) is 112 Å². The third-order valence-corrected chi connectivity index (χ3v) is 6.91. The third-order valence-electron chi connectivity index (χ3n) is 6.91. The van der Waals surface area contributed by atoms with E-state index in [1.54, 1.807) is 36.4 Å². The molecular weight excluding hydrogens is 584 g/mol. The summed E-state index contributed by atoms with van der Waals surface area (Å²) < 4.78 is 21.6. The predicted molar refractivity (Wildman–Crippen MR) is 181 cm³/mol. The van der Waals surface area contributed by atoms with Crippen LogP contribution < -0.4 is 29.6 Å². The van der Waals surface area contributed by atoms with Crippen LogP contribution in [0.15, 0.2) is 60.7 Å². The Hall–Kier alpha value is -4.27. The standard InChI is InChI=1S/C37H52N2O7/c1-27(2)15-11-7-9-13-17-35(40)38-25-29-19-21-31(33(23-29)43-5)45-37(42)46-32-22-20-30(24-34(32)44-6)26-39-36(41)18-14-10-8-12-16-28(3)4/h11-12,15-16,19-24,27-28H,7-10,13-14,17-18,25-26H2,1-6H3,(H,38,40)(H,39,41). The number of nitrogens with one attached hydrogen (secondary N) is 2. The van der Waals surface area contributed by atoms with Gasteiger partial charge < -0.3 is 29.6 Å². The molecule has 0 saturated heterocycles. The molecule has 0 fully saturated rings. The van der Waals surface area contributed by atoms with Gasteiger partial charge in [-0.1, -0.05) is 64.1 Å². The lowest BCUT2D eigenvalue weighted by atomic mass is 10.1. The number of rotatable bonds is 20. The van der Waals surface area contributed by atoms with Gasteiger partial charge in [0, 0.05) is 25.9 Å². The molecule has 0 atom stereocenters. The van der Waals surface area contributed by atoms with Crippen molar-refractivity contribution in [2.45, 2.75) is 92.2 Å². The van der Waals surface area contributed by atoms with Gasteiger partial charge in [0.1, 0.15) is 0 Å². The predicted octanol–water partition coefficient (Wildman–Crippen LogP) is 8.06. The number of methoxy groups -OCH3 is 2. The summed E-state index contributed by atoms with van der Waals surface area (Å²) in [6, 6.07) is 10.1. The van der Waals surface area contributed by atoms with Crippen LogP contribution in [0.1, 0.15) is 90.2 Å². The van der Waals surface area contributed by atoms with E-state index in [0.29, 0.717) is 49.3 Å². The summed E-state index contributed by atoms with van der Waals surface area (Å²) in [5.74, 6) is 2.05. The second-order valence-corrected chi connectivity index (χ2v) is 11.8. The van der Waals surface area contributed by atoms with E-state index in [1.165, 1.54) is 14.2 Å². The number of hydrogen-bond acceptors (Lipinski definition) is 7. The molecule has 2 amide bonds. The molecule has 0 saturated carbocycles. The number of unbranched alkanes of at least 4 members (excludes halogenated alkanes) is 4. The van der Waals surface area contributed by atoms with Crippen molar-refractivity contribution in [3.8, 4) is 23.0 Å². The van der Waals surface area contributed by atoms with Gasteiger partial charge in [-0.05, 0) is 85.8 Å². The Morgan fingerprint density at radius 2 is 1.04 bits per heavy atom. The minimum Gasteiger partial charge on any atom is -0.493 e. The number of benzene rings is 2. The Balaban J connectivity index is 1.82. The van der Waals surface area contributed by atoms with E-state index in [4.69, 9.17) is 18.9 Å². The van der Waals surface area contributed by atoms with Gasteiger partial charge in [-0.3, -0.25) is 9.59 Å². The maximum atomic E-state index is 12.6. The zero-order valence-corrected chi connectivity index (χ0v) is 28.4. The van der Waals surface area contributed by atoms with Crippen molar-refractivity contribution < 1.29 is 33.3 Å². The fourth-order valence-electron chi connectivity index (χ4n) is 4.42. The zero-order valence-electron chi connectivity index (χ0n) is 28.4. The molecule has 2 rings (SSSR count). The van der Waals surface area contributed by atoms with E-state index in [-0.39, 0.29) is 23.3 Å². The highest BCUT2D eigenvalue weighted by atomic mass is 16.7. The van der Waals surface area contributed by atoms with E-state index in [2.05, 4.69) is 62.6 Å². The maximum absolute atomic E-state index is 12.6. The van der Waals surface area contributed by atoms with Crippen LogP contribution in [0.25, 0.3) is 0 Å². The van der Waals surface area contributed by atoms with Gasteiger partial charge in [0.15, 0.2) is 23.0 Å². The Labute approximate surface area is 274 Å². The van der Waals surface area contributed by atoms with Crippen molar-refractivity contribution in [1.82, 2.24) is 10.6 Å². The van der Waals surface area contributed by atoms with E-state index >= 15 is 0 Å². The van der Waals surface area contributed by atoms with Crippen molar-refractivity contribution in [3.63, 3.8) is 0 Å². The molecule has 46 heavy (non-hydrogen) atoms. The van der Waals surface area contributed by atoms with Crippen LogP contribution in [0.2, 0.25) is 0 Å². The fourth-order valence-corrected chi connectivity index (χ4v) is 4.42. The summed E-state index contributed by atoms with van der Waals surface area (Å²) in [6.45, 7) is 9.22. The lowest BCUT2D eigenvalue weighted by Crippen LogP contribution is -2.22. The van der Waals surface area contributed by atoms with Gasteiger partial charge in [0.2, 0.25) is 11.8 Å². The lowest BCUT2D eigenvalue weighted by molar-refractivity contribution is -0.122. The molecule has 0 radical (unpaired) electrons. The van der Waals surface area contributed by atoms with E-state index < -0.39 is 6.16 Å². The van der Waals surface area contributed by atoms with E-state index in [9.17, 15) is 14.4 Å². The zero-order chi connectivity index (χ0) is 33.7. The molecule has 0 aromatic heterocycles. The highest BCUT2D eigenvalue weighted by Crippen LogP contribution is 2.31. The van der Waals surface area contributed by atoms with Gasteiger partial charge in [0.05, 0.1) is 14.2 Å². The van der Waals surface area contributed by atoms with Crippen LogP contribution >= 0.6 is 0 Å². The molecule has 2 aromatic carbocycles. The number of carbonyl (C=O) groups excluding carboxylic acids is 3.